The first kappa shape index (κ1) is 15.3. The van der Waals surface area contributed by atoms with Crippen LogP contribution < -0.4 is 4.74 Å². The minimum atomic E-state index is 0.568. The molecule has 0 saturated carbocycles. The third-order valence-electron chi connectivity index (χ3n) is 4.00. The van der Waals surface area contributed by atoms with Crippen LogP contribution in [0.1, 0.15) is 37.3 Å². The number of hydrogen-bond donors (Lipinski definition) is 0. The van der Waals surface area contributed by atoms with Crippen LogP contribution in [-0.2, 0) is 11.2 Å². The van der Waals surface area contributed by atoms with Gasteiger partial charge < -0.3 is 9.47 Å². The van der Waals surface area contributed by atoms with Crippen molar-refractivity contribution in [3.63, 3.8) is 0 Å². The number of hydrogen-bond acceptors (Lipinski definition) is 3. The molecule has 0 unspecified atom stereocenters. The van der Waals surface area contributed by atoms with E-state index in [0.717, 1.165) is 45.0 Å². The second-order valence-corrected chi connectivity index (χ2v) is 5.78. The predicted octanol–water partition coefficient (Wildman–Crippen LogP) is 3.08. The largest absolute Gasteiger partial charge is 0.496 e. The Bertz CT molecular complexity index is 411. The van der Waals surface area contributed by atoms with Crippen molar-refractivity contribution in [2.45, 2.75) is 32.6 Å². The van der Waals surface area contributed by atoms with Gasteiger partial charge in [-0.25, -0.2) is 0 Å². The third-order valence-corrected chi connectivity index (χ3v) is 4.00. The summed E-state index contributed by atoms with van der Waals surface area (Å²) in [5.74, 6) is 1.59. The molecule has 3 nitrogen and oxygen atoms in total. The van der Waals surface area contributed by atoms with E-state index in [1.165, 1.54) is 17.5 Å². The van der Waals surface area contributed by atoms with Crippen LogP contribution in [0, 0.1) is 0 Å². The van der Waals surface area contributed by atoms with Gasteiger partial charge in [-0.15, -0.1) is 0 Å². The highest BCUT2D eigenvalue weighted by Crippen LogP contribution is 2.25. The Labute approximate surface area is 122 Å². The maximum atomic E-state index is 5.49. The minimum absolute atomic E-state index is 0.568. The fraction of sp³-hybridized carbons (Fsp3) is 0.647. The summed E-state index contributed by atoms with van der Waals surface area (Å²) in [6, 6.07) is 6.59. The molecule has 0 aliphatic carbocycles. The highest BCUT2D eigenvalue weighted by atomic mass is 16.5. The molecule has 0 atom stereocenters. The summed E-state index contributed by atoms with van der Waals surface area (Å²) in [5.41, 5.74) is 2.74. The Hall–Kier alpha value is -1.06. The number of morpholine rings is 1. The second-order valence-electron chi connectivity index (χ2n) is 5.78. The van der Waals surface area contributed by atoms with Gasteiger partial charge in [0.1, 0.15) is 5.75 Å². The molecular weight excluding hydrogens is 250 g/mol. The van der Waals surface area contributed by atoms with E-state index in [4.69, 9.17) is 9.47 Å². The average molecular weight is 277 g/mol. The Morgan fingerprint density at radius 1 is 1.25 bits per heavy atom. The van der Waals surface area contributed by atoms with Crippen molar-refractivity contribution in [1.82, 2.24) is 4.90 Å². The normalized spacial score (nSPS) is 16.6. The average Bonchev–Trinajstić information content (AvgIpc) is 2.48. The van der Waals surface area contributed by atoms with E-state index in [-0.39, 0.29) is 0 Å². The van der Waals surface area contributed by atoms with Crippen LogP contribution in [0.25, 0.3) is 0 Å². The van der Waals surface area contributed by atoms with E-state index in [2.05, 4.69) is 36.9 Å². The monoisotopic (exact) mass is 277 g/mol. The third kappa shape index (κ3) is 4.22. The van der Waals surface area contributed by atoms with Crippen molar-refractivity contribution in [2.24, 2.45) is 0 Å². The van der Waals surface area contributed by atoms with E-state index in [1.807, 2.05) is 0 Å². The first-order valence-corrected chi connectivity index (χ1v) is 7.67. The minimum Gasteiger partial charge on any atom is -0.496 e. The van der Waals surface area contributed by atoms with Crippen LogP contribution in [0.4, 0.5) is 0 Å². The molecule has 1 aliphatic rings. The summed E-state index contributed by atoms with van der Waals surface area (Å²) in [4.78, 5) is 2.49. The molecule has 0 bridgehead atoms. The van der Waals surface area contributed by atoms with Crippen LogP contribution in [0.5, 0.6) is 5.75 Å². The molecule has 0 N–H and O–H groups in total. The Balaban J connectivity index is 1.91. The Morgan fingerprint density at radius 2 is 2.00 bits per heavy atom. The smallest absolute Gasteiger partial charge is 0.122 e. The maximum Gasteiger partial charge on any atom is 0.122 e. The van der Waals surface area contributed by atoms with Crippen LogP contribution >= 0.6 is 0 Å². The van der Waals surface area contributed by atoms with Gasteiger partial charge in [-0.2, -0.15) is 0 Å². The van der Waals surface area contributed by atoms with E-state index in [0.29, 0.717) is 5.92 Å². The molecule has 1 aliphatic heterocycles. The van der Waals surface area contributed by atoms with Gasteiger partial charge >= 0.3 is 0 Å². The summed E-state index contributed by atoms with van der Waals surface area (Å²) >= 11 is 0. The fourth-order valence-corrected chi connectivity index (χ4v) is 2.67. The first-order chi connectivity index (χ1) is 9.70. The number of nitrogens with zero attached hydrogens (tertiary/aromatic N) is 1. The quantitative estimate of drug-likeness (QED) is 0.797. The molecule has 1 fully saturated rings. The lowest BCUT2D eigenvalue weighted by Gasteiger charge is -2.26. The Morgan fingerprint density at radius 3 is 2.65 bits per heavy atom. The van der Waals surface area contributed by atoms with Gasteiger partial charge in [0.2, 0.25) is 0 Å². The molecule has 1 heterocycles. The molecule has 1 aromatic carbocycles. The highest BCUT2D eigenvalue weighted by molar-refractivity contribution is 5.38. The van der Waals surface area contributed by atoms with E-state index in [1.54, 1.807) is 7.11 Å². The van der Waals surface area contributed by atoms with E-state index < -0.39 is 0 Å². The van der Waals surface area contributed by atoms with Crippen molar-refractivity contribution >= 4 is 0 Å². The number of aryl methyl sites for hydroxylation is 1. The van der Waals surface area contributed by atoms with Crippen molar-refractivity contribution in [3.8, 4) is 5.75 Å². The molecule has 2 rings (SSSR count). The van der Waals surface area contributed by atoms with Gasteiger partial charge in [-0.05, 0) is 42.5 Å². The summed E-state index contributed by atoms with van der Waals surface area (Å²) in [7, 11) is 1.76. The van der Waals surface area contributed by atoms with Gasteiger partial charge in [-0.3, -0.25) is 4.90 Å². The van der Waals surface area contributed by atoms with Crippen LogP contribution in [-0.4, -0.2) is 44.9 Å². The summed E-state index contributed by atoms with van der Waals surface area (Å²) in [5, 5.41) is 0. The molecular formula is C17H27NO2. The van der Waals surface area contributed by atoms with Crippen molar-refractivity contribution < 1.29 is 9.47 Å². The molecule has 0 spiro atoms. The van der Waals surface area contributed by atoms with Crippen molar-refractivity contribution in [3.05, 3.63) is 29.3 Å². The van der Waals surface area contributed by atoms with Crippen molar-refractivity contribution in [2.75, 3.05) is 40.0 Å². The highest BCUT2D eigenvalue weighted by Gasteiger charge is 2.11. The number of methoxy groups -OCH3 is 1. The molecule has 1 saturated heterocycles. The number of benzene rings is 1. The van der Waals surface area contributed by atoms with Crippen LogP contribution in [0.15, 0.2) is 18.2 Å². The van der Waals surface area contributed by atoms with Gasteiger partial charge in [0.15, 0.2) is 0 Å². The van der Waals surface area contributed by atoms with Crippen molar-refractivity contribution in [1.29, 1.82) is 0 Å². The molecule has 0 aromatic heterocycles. The standard InChI is InChI=1S/C17H27NO2/c1-14(2)15-6-7-17(19-3)16(13-15)5-4-8-18-9-11-20-12-10-18/h6-7,13-14H,4-5,8-12H2,1-3H3. The van der Waals surface area contributed by atoms with Gasteiger partial charge in [0.05, 0.1) is 20.3 Å². The van der Waals surface area contributed by atoms with E-state index >= 15 is 0 Å². The second kappa shape index (κ2) is 7.65. The zero-order valence-corrected chi connectivity index (χ0v) is 13.0. The van der Waals surface area contributed by atoms with Crippen LogP contribution in [0.3, 0.4) is 0 Å². The SMILES string of the molecule is COc1ccc(C(C)C)cc1CCCN1CCOCC1. The number of rotatable bonds is 6. The number of ether oxygens (including phenoxy) is 2. The topological polar surface area (TPSA) is 21.7 Å². The zero-order chi connectivity index (χ0) is 14.4. The molecule has 20 heavy (non-hydrogen) atoms. The lowest BCUT2D eigenvalue weighted by Crippen LogP contribution is -2.36. The first-order valence-electron chi connectivity index (χ1n) is 7.67. The van der Waals surface area contributed by atoms with Gasteiger partial charge in [0, 0.05) is 13.1 Å². The molecule has 0 amide bonds. The molecule has 3 heteroatoms. The van der Waals surface area contributed by atoms with Gasteiger partial charge in [0.25, 0.3) is 0 Å². The lowest BCUT2D eigenvalue weighted by molar-refractivity contribution is 0.0374. The molecule has 112 valence electrons. The van der Waals surface area contributed by atoms with E-state index in [9.17, 15) is 0 Å². The maximum absolute atomic E-state index is 5.49. The zero-order valence-electron chi connectivity index (χ0n) is 13.0. The molecule has 1 aromatic rings. The lowest BCUT2D eigenvalue weighted by atomic mass is 9.98. The van der Waals surface area contributed by atoms with Gasteiger partial charge in [-0.1, -0.05) is 26.0 Å². The fourth-order valence-electron chi connectivity index (χ4n) is 2.67. The van der Waals surface area contributed by atoms with Crippen LogP contribution in [0.2, 0.25) is 0 Å². The predicted molar refractivity (Wildman–Crippen MR) is 82.7 cm³/mol. The summed E-state index contributed by atoms with van der Waals surface area (Å²) in [6.45, 7) is 9.53. The molecule has 0 radical (unpaired) electrons. The summed E-state index contributed by atoms with van der Waals surface area (Å²) < 4.78 is 10.9. The summed E-state index contributed by atoms with van der Waals surface area (Å²) in [6.07, 6.45) is 2.26. The Kier molecular flexibility index (Phi) is 5.86.